The van der Waals surface area contributed by atoms with E-state index in [4.69, 9.17) is 28.9 Å². The van der Waals surface area contributed by atoms with Gasteiger partial charge in [0.25, 0.3) is 0 Å². The summed E-state index contributed by atoms with van der Waals surface area (Å²) in [6.45, 7) is 5.08. The fourth-order valence-electron chi connectivity index (χ4n) is 0.258. The first-order chi connectivity index (χ1) is 5.52. The van der Waals surface area contributed by atoms with Crippen LogP contribution in [0.15, 0.2) is 18.6 Å². The van der Waals surface area contributed by atoms with Crippen LogP contribution >= 0.6 is 23.2 Å². The Morgan fingerprint density at radius 3 is 1.92 bits per heavy atom. The molecule has 1 rings (SSSR count). The SMILES string of the molecule is C=C(C)N.Clc1ncnc(Cl)n1. The molecule has 0 unspecified atom stereocenters. The minimum Gasteiger partial charge on any atom is -0.403 e. The molecule has 0 spiro atoms. The van der Waals surface area contributed by atoms with Crippen molar-refractivity contribution in [1.82, 2.24) is 15.0 Å². The maximum absolute atomic E-state index is 5.30. The second kappa shape index (κ2) is 5.74. The predicted molar refractivity (Wildman–Crippen MR) is 48.8 cm³/mol. The van der Waals surface area contributed by atoms with Crippen LogP contribution in [0.1, 0.15) is 6.92 Å². The minimum absolute atomic E-state index is 0.116. The number of halogens is 2. The van der Waals surface area contributed by atoms with E-state index in [1.165, 1.54) is 6.33 Å². The van der Waals surface area contributed by atoms with Crippen LogP contribution in [0.4, 0.5) is 0 Å². The smallest absolute Gasteiger partial charge is 0.226 e. The first-order valence-corrected chi connectivity index (χ1v) is 3.69. The van der Waals surface area contributed by atoms with Crippen LogP contribution in [-0.2, 0) is 0 Å². The molecule has 0 fully saturated rings. The van der Waals surface area contributed by atoms with E-state index in [1.54, 1.807) is 6.92 Å². The Labute approximate surface area is 80.4 Å². The van der Waals surface area contributed by atoms with Crippen LogP contribution in [0.25, 0.3) is 0 Å². The van der Waals surface area contributed by atoms with Crippen molar-refractivity contribution in [3.05, 3.63) is 29.2 Å². The highest BCUT2D eigenvalue weighted by Crippen LogP contribution is 2.00. The fourth-order valence-corrected chi connectivity index (χ4v) is 0.549. The highest BCUT2D eigenvalue weighted by molar-refractivity contribution is 6.30. The van der Waals surface area contributed by atoms with Crippen molar-refractivity contribution in [2.75, 3.05) is 0 Å². The molecule has 0 saturated carbocycles. The van der Waals surface area contributed by atoms with Gasteiger partial charge in [-0.25, -0.2) is 9.97 Å². The second-order valence-corrected chi connectivity index (χ2v) is 2.55. The molecule has 0 aliphatic heterocycles. The summed E-state index contributed by atoms with van der Waals surface area (Å²) in [6.07, 6.45) is 1.25. The maximum Gasteiger partial charge on any atom is 0.226 e. The molecule has 6 heteroatoms. The normalized spacial score (nSPS) is 8.25. The summed E-state index contributed by atoms with van der Waals surface area (Å²) in [7, 11) is 0. The van der Waals surface area contributed by atoms with Crippen LogP contribution in [0.5, 0.6) is 0 Å². The first-order valence-electron chi connectivity index (χ1n) is 2.93. The van der Waals surface area contributed by atoms with Gasteiger partial charge in [-0.15, -0.1) is 0 Å². The molecule has 0 radical (unpaired) electrons. The van der Waals surface area contributed by atoms with Gasteiger partial charge in [0, 0.05) is 0 Å². The molecule has 66 valence electrons. The van der Waals surface area contributed by atoms with E-state index < -0.39 is 0 Å². The van der Waals surface area contributed by atoms with Crippen molar-refractivity contribution < 1.29 is 0 Å². The molecule has 0 aliphatic rings. The Morgan fingerprint density at radius 2 is 1.75 bits per heavy atom. The Balaban J connectivity index is 0.000000261. The van der Waals surface area contributed by atoms with Gasteiger partial charge in [0.15, 0.2) is 0 Å². The third-order valence-corrected chi connectivity index (χ3v) is 0.877. The third-order valence-electron chi connectivity index (χ3n) is 0.513. The quantitative estimate of drug-likeness (QED) is 0.702. The topological polar surface area (TPSA) is 64.7 Å². The molecule has 1 heterocycles. The van der Waals surface area contributed by atoms with E-state index in [0.29, 0.717) is 5.70 Å². The van der Waals surface area contributed by atoms with Gasteiger partial charge in [-0.05, 0) is 35.8 Å². The van der Waals surface area contributed by atoms with Crippen LogP contribution < -0.4 is 5.73 Å². The second-order valence-electron chi connectivity index (χ2n) is 1.87. The van der Waals surface area contributed by atoms with Gasteiger partial charge >= 0.3 is 0 Å². The number of hydrogen-bond donors (Lipinski definition) is 1. The summed E-state index contributed by atoms with van der Waals surface area (Å²) < 4.78 is 0. The van der Waals surface area contributed by atoms with E-state index in [-0.39, 0.29) is 10.6 Å². The minimum atomic E-state index is 0.116. The number of rotatable bonds is 0. The molecule has 0 atom stereocenters. The zero-order valence-electron chi connectivity index (χ0n) is 6.46. The largest absolute Gasteiger partial charge is 0.403 e. The average molecular weight is 207 g/mol. The monoisotopic (exact) mass is 206 g/mol. The van der Waals surface area contributed by atoms with E-state index >= 15 is 0 Å². The summed E-state index contributed by atoms with van der Waals surface area (Å²) in [5.41, 5.74) is 5.58. The van der Waals surface area contributed by atoms with Crippen LogP contribution in [0, 0.1) is 0 Å². The number of nitrogens with two attached hydrogens (primary N) is 1. The molecule has 12 heavy (non-hydrogen) atoms. The Morgan fingerprint density at radius 1 is 1.42 bits per heavy atom. The van der Waals surface area contributed by atoms with Crippen LogP contribution in [0.2, 0.25) is 10.6 Å². The maximum atomic E-state index is 5.30. The van der Waals surface area contributed by atoms with Crippen LogP contribution in [-0.4, -0.2) is 15.0 Å². The van der Waals surface area contributed by atoms with Gasteiger partial charge in [0.2, 0.25) is 10.6 Å². The first kappa shape index (κ1) is 11.1. The zero-order valence-corrected chi connectivity index (χ0v) is 7.97. The van der Waals surface area contributed by atoms with Gasteiger partial charge in [-0.2, -0.15) is 4.98 Å². The predicted octanol–water partition coefficient (Wildman–Crippen LogP) is 1.66. The highest BCUT2D eigenvalue weighted by Gasteiger charge is 1.89. The highest BCUT2D eigenvalue weighted by atomic mass is 35.5. The standard InChI is InChI=1S/C3HCl2N3.C3H7N/c4-2-6-1-7-3(5)8-2;1-3(2)4/h1H;1,4H2,2H3. The summed E-state index contributed by atoms with van der Waals surface area (Å²) in [5, 5.41) is 0.231. The van der Waals surface area contributed by atoms with Gasteiger partial charge in [-0.3, -0.25) is 0 Å². The number of nitrogens with zero attached hydrogens (tertiary/aromatic N) is 3. The molecule has 0 aromatic carbocycles. The molecule has 1 aromatic rings. The lowest BCUT2D eigenvalue weighted by Crippen LogP contribution is -1.83. The number of hydrogen-bond acceptors (Lipinski definition) is 4. The summed E-state index contributed by atoms with van der Waals surface area (Å²) in [5.74, 6) is 0. The van der Waals surface area contributed by atoms with Gasteiger partial charge in [-0.1, -0.05) is 6.58 Å². The number of allylic oxidation sites excluding steroid dienone is 1. The van der Waals surface area contributed by atoms with Crippen molar-refractivity contribution in [2.24, 2.45) is 5.73 Å². The van der Waals surface area contributed by atoms with E-state index in [0.717, 1.165) is 0 Å². The van der Waals surface area contributed by atoms with E-state index in [9.17, 15) is 0 Å². The van der Waals surface area contributed by atoms with Crippen molar-refractivity contribution in [3.8, 4) is 0 Å². The molecule has 0 amide bonds. The van der Waals surface area contributed by atoms with Crippen molar-refractivity contribution in [1.29, 1.82) is 0 Å². The lowest BCUT2D eigenvalue weighted by Gasteiger charge is -1.84. The molecule has 4 nitrogen and oxygen atoms in total. The lowest BCUT2D eigenvalue weighted by molar-refractivity contribution is 1.05. The molecule has 1 aromatic heterocycles. The van der Waals surface area contributed by atoms with Crippen LogP contribution in [0.3, 0.4) is 0 Å². The molecule has 2 N–H and O–H groups in total. The molecular weight excluding hydrogens is 199 g/mol. The lowest BCUT2D eigenvalue weighted by atomic mass is 10.6. The fraction of sp³-hybridized carbons (Fsp3) is 0.167. The Bertz CT molecular complexity index is 242. The molecule has 0 bridgehead atoms. The average Bonchev–Trinajstić information content (AvgIpc) is 1.84. The van der Waals surface area contributed by atoms with Crippen molar-refractivity contribution >= 4 is 23.2 Å². The Hall–Kier alpha value is -0.870. The summed E-state index contributed by atoms with van der Waals surface area (Å²) in [4.78, 5) is 10.5. The molecular formula is C6H8Cl2N4. The van der Waals surface area contributed by atoms with Gasteiger partial charge in [0.05, 0.1) is 0 Å². The van der Waals surface area contributed by atoms with Crippen molar-refractivity contribution in [2.45, 2.75) is 6.92 Å². The summed E-state index contributed by atoms with van der Waals surface area (Å²) in [6, 6.07) is 0. The molecule has 0 aliphatic carbocycles. The van der Waals surface area contributed by atoms with Crippen molar-refractivity contribution in [3.63, 3.8) is 0 Å². The van der Waals surface area contributed by atoms with E-state index in [2.05, 4.69) is 21.5 Å². The van der Waals surface area contributed by atoms with E-state index in [1.807, 2.05) is 0 Å². The third kappa shape index (κ3) is 7.24. The molecule has 0 saturated heterocycles. The van der Waals surface area contributed by atoms with Gasteiger partial charge in [0.1, 0.15) is 6.33 Å². The summed E-state index contributed by atoms with van der Waals surface area (Å²) >= 11 is 10.6. The van der Waals surface area contributed by atoms with Gasteiger partial charge < -0.3 is 5.73 Å². The number of aromatic nitrogens is 3. The Kier molecular flexibility index (Phi) is 5.32. The zero-order chi connectivity index (χ0) is 9.56.